The van der Waals surface area contributed by atoms with Crippen molar-refractivity contribution >= 4 is 5.69 Å². The van der Waals surface area contributed by atoms with Gasteiger partial charge in [0, 0.05) is 0 Å². The van der Waals surface area contributed by atoms with E-state index in [0.717, 1.165) is 23.2 Å². The van der Waals surface area contributed by atoms with Crippen LogP contribution in [0.1, 0.15) is 43.0 Å². The fraction of sp³-hybridized carbons (Fsp3) is 0.316. The Morgan fingerprint density at radius 3 is 2.38 bits per heavy atom. The van der Waals surface area contributed by atoms with E-state index in [0.29, 0.717) is 5.92 Å². The quantitative estimate of drug-likeness (QED) is 0.829. The fourth-order valence-electron chi connectivity index (χ4n) is 2.56. The van der Waals surface area contributed by atoms with Gasteiger partial charge in [-0.1, -0.05) is 56.3 Å². The van der Waals surface area contributed by atoms with Crippen LogP contribution in [0.3, 0.4) is 0 Å². The lowest BCUT2D eigenvalue weighted by Crippen LogP contribution is -2.14. The maximum Gasteiger partial charge on any atom is 0.102 e. The van der Waals surface area contributed by atoms with Crippen molar-refractivity contribution in [1.29, 1.82) is 5.26 Å². The van der Waals surface area contributed by atoms with Crippen LogP contribution in [0.5, 0.6) is 0 Å². The number of hydrogen-bond donors (Lipinski definition) is 1. The molecule has 0 aliphatic heterocycles. The number of aryl methyl sites for hydroxylation is 1. The summed E-state index contributed by atoms with van der Waals surface area (Å²) < 4.78 is 0. The highest BCUT2D eigenvalue weighted by Gasteiger charge is 2.15. The lowest BCUT2D eigenvalue weighted by atomic mass is 9.96. The third-order valence-corrected chi connectivity index (χ3v) is 3.62. The number of rotatable bonds is 5. The van der Waals surface area contributed by atoms with Crippen molar-refractivity contribution in [2.45, 2.75) is 33.2 Å². The van der Waals surface area contributed by atoms with Crippen molar-refractivity contribution in [2.24, 2.45) is 5.92 Å². The molecule has 2 nitrogen and oxygen atoms in total. The molecule has 2 rings (SSSR count). The molecule has 1 atom stereocenters. The van der Waals surface area contributed by atoms with Gasteiger partial charge in [-0.15, -0.1) is 0 Å². The molecule has 2 aromatic rings. The van der Waals surface area contributed by atoms with E-state index < -0.39 is 0 Å². The molecule has 0 radical (unpaired) electrons. The zero-order valence-electron chi connectivity index (χ0n) is 12.9. The Morgan fingerprint density at radius 1 is 1.05 bits per heavy atom. The summed E-state index contributed by atoms with van der Waals surface area (Å²) in [4.78, 5) is 0. The Morgan fingerprint density at radius 2 is 1.76 bits per heavy atom. The van der Waals surface area contributed by atoms with Crippen molar-refractivity contribution < 1.29 is 0 Å². The molecule has 0 heterocycles. The van der Waals surface area contributed by atoms with Gasteiger partial charge in [0.25, 0.3) is 0 Å². The van der Waals surface area contributed by atoms with E-state index in [1.807, 2.05) is 31.2 Å². The summed E-state index contributed by atoms with van der Waals surface area (Å²) in [6, 6.07) is 18.9. The molecular weight excluding hydrogens is 256 g/mol. The van der Waals surface area contributed by atoms with Crippen LogP contribution in [0, 0.1) is 24.2 Å². The fourth-order valence-corrected chi connectivity index (χ4v) is 2.56. The van der Waals surface area contributed by atoms with Crippen molar-refractivity contribution in [3.05, 3.63) is 65.2 Å². The first-order valence-electron chi connectivity index (χ1n) is 7.43. The van der Waals surface area contributed by atoms with Crippen molar-refractivity contribution in [3.8, 4) is 6.07 Å². The van der Waals surface area contributed by atoms with Crippen LogP contribution in [0.25, 0.3) is 0 Å². The van der Waals surface area contributed by atoms with Crippen molar-refractivity contribution in [1.82, 2.24) is 0 Å². The Labute approximate surface area is 127 Å². The molecule has 0 saturated carbocycles. The van der Waals surface area contributed by atoms with Gasteiger partial charge in [-0.25, -0.2) is 0 Å². The van der Waals surface area contributed by atoms with E-state index in [1.165, 1.54) is 5.56 Å². The van der Waals surface area contributed by atoms with Crippen LogP contribution < -0.4 is 5.32 Å². The van der Waals surface area contributed by atoms with E-state index in [4.69, 9.17) is 0 Å². The monoisotopic (exact) mass is 278 g/mol. The molecule has 0 saturated heterocycles. The first-order chi connectivity index (χ1) is 10.1. The van der Waals surface area contributed by atoms with E-state index in [-0.39, 0.29) is 6.04 Å². The molecule has 0 aliphatic rings. The summed E-state index contributed by atoms with van der Waals surface area (Å²) in [5, 5.41) is 12.9. The predicted molar refractivity (Wildman–Crippen MR) is 88.2 cm³/mol. The predicted octanol–water partition coefficient (Wildman–Crippen LogP) is 5.07. The van der Waals surface area contributed by atoms with Crippen LogP contribution >= 0.6 is 0 Å². The average Bonchev–Trinajstić information content (AvgIpc) is 2.47. The van der Waals surface area contributed by atoms with Gasteiger partial charge in [-0.2, -0.15) is 5.26 Å². The van der Waals surface area contributed by atoms with Crippen LogP contribution in [0.2, 0.25) is 0 Å². The molecule has 108 valence electrons. The summed E-state index contributed by atoms with van der Waals surface area (Å²) in [7, 11) is 0. The lowest BCUT2D eigenvalue weighted by Gasteiger charge is -2.23. The number of anilines is 1. The molecule has 0 aliphatic carbocycles. The van der Waals surface area contributed by atoms with E-state index in [2.05, 4.69) is 49.5 Å². The van der Waals surface area contributed by atoms with Gasteiger partial charge in [-0.05, 0) is 36.5 Å². The Kier molecular flexibility index (Phi) is 5.00. The molecule has 2 aromatic carbocycles. The molecular formula is C19H22N2. The van der Waals surface area contributed by atoms with Gasteiger partial charge in [0.1, 0.15) is 6.07 Å². The third-order valence-electron chi connectivity index (χ3n) is 3.62. The molecule has 0 aromatic heterocycles. The molecule has 2 heteroatoms. The minimum atomic E-state index is 0.222. The number of nitrogens with zero attached hydrogens (tertiary/aromatic N) is 1. The number of nitriles is 1. The highest BCUT2D eigenvalue weighted by molar-refractivity contribution is 5.61. The van der Waals surface area contributed by atoms with Crippen molar-refractivity contribution in [2.75, 3.05) is 5.32 Å². The van der Waals surface area contributed by atoms with Gasteiger partial charge in [0.2, 0.25) is 0 Å². The largest absolute Gasteiger partial charge is 0.377 e. The highest BCUT2D eigenvalue weighted by atomic mass is 14.9. The third kappa shape index (κ3) is 3.86. The normalized spacial score (nSPS) is 12.0. The van der Waals surface area contributed by atoms with Crippen molar-refractivity contribution in [3.63, 3.8) is 0 Å². The number of hydrogen-bond acceptors (Lipinski definition) is 2. The average molecular weight is 278 g/mol. The molecule has 0 spiro atoms. The van der Waals surface area contributed by atoms with Crippen LogP contribution in [-0.2, 0) is 0 Å². The summed E-state index contributed by atoms with van der Waals surface area (Å²) in [5.41, 5.74) is 3.93. The maximum absolute atomic E-state index is 9.37. The molecule has 0 fully saturated rings. The van der Waals surface area contributed by atoms with Gasteiger partial charge in [0.15, 0.2) is 0 Å². The number of nitrogens with one attached hydrogen (secondary N) is 1. The van der Waals surface area contributed by atoms with Gasteiger partial charge >= 0.3 is 0 Å². The zero-order chi connectivity index (χ0) is 15.2. The molecule has 0 bridgehead atoms. The smallest absolute Gasteiger partial charge is 0.102 e. The second-order valence-electron chi connectivity index (χ2n) is 5.85. The molecule has 21 heavy (non-hydrogen) atoms. The SMILES string of the molecule is Cc1cccc(NC(CC(C)C)c2ccccc2)c1C#N. The molecule has 0 amide bonds. The summed E-state index contributed by atoms with van der Waals surface area (Å²) in [5.74, 6) is 0.582. The van der Waals surface area contributed by atoms with Crippen LogP contribution in [-0.4, -0.2) is 0 Å². The minimum absolute atomic E-state index is 0.222. The van der Waals surface area contributed by atoms with Gasteiger partial charge < -0.3 is 5.32 Å². The Balaban J connectivity index is 2.32. The van der Waals surface area contributed by atoms with E-state index in [9.17, 15) is 5.26 Å². The Bertz CT molecular complexity index is 624. The lowest BCUT2D eigenvalue weighted by molar-refractivity contribution is 0.531. The molecule has 1 unspecified atom stereocenters. The van der Waals surface area contributed by atoms with Crippen LogP contribution in [0.4, 0.5) is 5.69 Å². The summed E-state index contributed by atoms with van der Waals surface area (Å²) in [6.45, 7) is 6.42. The van der Waals surface area contributed by atoms with E-state index >= 15 is 0 Å². The van der Waals surface area contributed by atoms with Crippen LogP contribution in [0.15, 0.2) is 48.5 Å². The first kappa shape index (κ1) is 15.1. The second kappa shape index (κ2) is 6.95. The second-order valence-corrected chi connectivity index (χ2v) is 5.85. The highest BCUT2D eigenvalue weighted by Crippen LogP contribution is 2.28. The van der Waals surface area contributed by atoms with Gasteiger partial charge in [-0.3, -0.25) is 0 Å². The maximum atomic E-state index is 9.37. The number of benzene rings is 2. The minimum Gasteiger partial charge on any atom is -0.377 e. The first-order valence-corrected chi connectivity index (χ1v) is 7.43. The zero-order valence-corrected chi connectivity index (χ0v) is 12.9. The summed E-state index contributed by atoms with van der Waals surface area (Å²) in [6.07, 6.45) is 1.03. The van der Waals surface area contributed by atoms with Gasteiger partial charge in [0.05, 0.1) is 17.3 Å². The topological polar surface area (TPSA) is 35.8 Å². The standard InChI is InChI=1S/C19H22N2/c1-14(2)12-19(16-9-5-4-6-10-16)21-18-11-7-8-15(3)17(18)13-20/h4-11,14,19,21H,12H2,1-3H3. The molecule has 1 N–H and O–H groups in total. The van der Waals surface area contributed by atoms with E-state index in [1.54, 1.807) is 0 Å². The summed E-state index contributed by atoms with van der Waals surface area (Å²) >= 11 is 0. The Hall–Kier alpha value is -2.27.